The highest BCUT2D eigenvalue weighted by Gasteiger charge is 2.53. The number of piperidine rings is 2. The molecule has 0 aliphatic carbocycles. The number of nitrogens with zero attached hydrogens (tertiary/aromatic N) is 2. The number of carbonyl (C=O) groups is 2. The standard InChI is InChI=1S/C37H56N2O4/c1-12-20-37(23-28-18-16-15-17-19-28,31(40)42-29-24-33(4,5)38(21-13-2)34(6,7)25-29)32(41)43-30-26-35(8,9)39(22-14-3)36(10,11)27-30/h12-19,29-30H,1-3,20-27H2,4-11H3. The molecule has 0 spiro atoms. The van der Waals surface area contributed by atoms with Gasteiger partial charge in [0.25, 0.3) is 0 Å². The molecule has 2 saturated heterocycles. The third kappa shape index (κ3) is 7.69. The van der Waals surface area contributed by atoms with Crippen LogP contribution in [-0.2, 0) is 25.5 Å². The number of carbonyl (C=O) groups excluding carboxylic acids is 2. The highest BCUT2D eigenvalue weighted by molar-refractivity contribution is 6.00. The summed E-state index contributed by atoms with van der Waals surface area (Å²) < 4.78 is 12.7. The van der Waals surface area contributed by atoms with Crippen LogP contribution in [0.4, 0.5) is 0 Å². The summed E-state index contributed by atoms with van der Waals surface area (Å²) in [5.74, 6) is -1.06. The summed E-state index contributed by atoms with van der Waals surface area (Å²) in [5, 5.41) is 0. The van der Waals surface area contributed by atoms with Gasteiger partial charge in [0, 0.05) is 60.9 Å². The molecule has 0 saturated carbocycles. The molecule has 6 nitrogen and oxygen atoms in total. The summed E-state index contributed by atoms with van der Waals surface area (Å²) in [4.78, 5) is 33.6. The van der Waals surface area contributed by atoms with Crippen LogP contribution in [0.15, 0.2) is 68.3 Å². The summed E-state index contributed by atoms with van der Waals surface area (Å²) in [6.45, 7) is 30.8. The van der Waals surface area contributed by atoms with E-state index in [1.807, 2.05) is 42.5 Å². The molecule has 238 valence electrons. The molecule has 0 bridgehead atoms. The van der Waals surface area contributed by atoms with Gasteiger partial charge in [0.1, 0.15) is 12.2 Å². The highest BCUT2D eigenvalue weighted by Crippen LogP contribution is 2.43. The van der Waals surface area contributed by atoms with Gasteiger partial charge in [-0.3, -0.25) is 19.4 Å². The van der Waals surface area contributed by atoms with Crippen LogP contribution >= 0.6 is 0 Å². The van der Waals surface area contributed by atoms with E-state index in [1.165, 1.54) is 0 Å². The molecule has 2 aliphatic heterocycles. The monoisotopic (exact) mass is 592 g/mol. The van der Waals surface area contributed by atoms with E-state index in [0.717, 1.165) is 18.7 Å². The van der Waals surface area contributed by atoms with Crippen LogP contribution in [-0.4, -0.2) is 69.2 Å². The van der Waals surface area contributed by atoms with Crippen LogP contribution in [0.1, 0.15) is 93.1 Å². The number of rotatable bonds is 12. The van der Waals surface area contributed by atoms with Crippen LogP contribution in [0.5, 0.6) is 0 Å². The molecular weight excluding hydrogens is 536 g/mol. The van der Waals surface area contributed by atoms with Crippen molar-refractivity contribution >= 4 is 11.9 Å². The number of esters is 2. The molecule has 1 aromatic carbocycles. The maximum absolute atomic E-state index is 14.4. The topological polar surface area (TPSA) is 59.1 Å². The van der Waals surface area contributed by atoms with Gasteiger partial charge in [-0.2, -0.15) is 0 Å². The molecule has 43 heavy (non-hydrogen) atoms. The second kappa shape index (κ2) is 13.1. The van der Waals surface area contributed by atoms with Crippen molar-refractivity contribution in [1.82, 2.24) is 9.80 Å². The molecule has 0 N–H and O–H groups in total. The first-order valence-corrected chi connectivity index (χ1v) is 15.8. The van der Waals surface area contributed by atoms with Crippen LogP contribution in [0.3, 0.4) is 0 Å². The first-order chi connectivity index (χ1) is 19.9. The predicted molar refractivity (Wildman–Crippen MR) is 176 cm³/mol. The summed E-state index contributed by atoms with van der Waals surface area (Å²) in [5.41, 5.74) is -1.56. The van der Waals surface area contributed by atoms with Crippen molar-refractivity contribution in [3.05, 3.63) is 73.9 Å². The van der Waals surface area contributed by atoms with Gasteiger partial charge in [0.05, 0.1) is 0 Å². The SMILES string of the molecule is C=CCN1C(C)(C)CC(OC(=O)C(CC=C)(Cc2ccccc2)C(=O)OC2CC(C)(C)N(CC=C)C(C)(C)C2)CC1(C)C. The van der Waals surface area contributed by atoms with Crippen molar-refractivity contribution in [2.45, 2.75) is 128 Å². The van der Waals surface area contributed by atoms with E-state index in [4.69, 9.17) is 9.47 Å². The molecule has 0 amide bonds. The largest absolute Gasteiger partial charge is 0.461 e. The second-order valence-electron chi connectivity index (χ2n) is 15.2. The van der Waals surface area contributed by atoms with Crippen LogP contribution in [0.2, 0.25) is 0 Å². The van der Waals surface area contributed by atoms with Gasteiger partial charge in [-0.15, -0.1) is 19.7 Å². The first-order valence-electron chi connectivity index (χ1n) is 15.8. The maximum Gasteiger partial charge on any atom is 0.324 e. The minimum absolute atomic E-state index is 0.129. The van der Waals surface area contributed by atoms with E-state index in [0.29, 0.717) is 25.7 Å². The minimum Gasteiger partial charge on any atom is -0.461 e. The Balaban J connectivity index is 1.95. The molecule has 0 unspecified atom stereocenters. The Morgan fingerprint density at radius 1 is 0.721 bits per heavy atom. The molecule has 2 aliphatic rings. The Hall–Kier alpha value is -2.70. The van der Waals surface area contributed by atoms with Gasteiger partial charge in [-0.05, 0) is 73.8 Å². The molecule has 1 aromatic rings. The average molecular weight is 593 g/mol. The van der Waals surface area contributed by atoms with Gasteiger partial charge >= 0.3 is 11.9 Å². The highest BCUT2D eigenvalue weighted by atomic mass is 16.6. The van der Waals surface area contributed by atoms with E-state index in [-0.39, 0.29) is 47.2 Å². The number of ether oxygens (including phenoxy) is 2. The Morgan fingerprint density at radius 3 is 1.42 bits per heavy atom. The van der Waals surface area contributed by atoms with Crippen molar-refractivity contribution in [1.29, 1.82) is 0 Å². The summed E-state index contributed by atoms with van der Waals surface area (Å²) in [6.07, 6.45) is 7.75. The van der Waals surface area contributed by atoms with Crippen molar-refractivity contribution < 1.29 is 19.1 Å². The number of hydrogen-bond donors (Lipinski definition) is 0. The molecule has 0 aromatic heterocycles. The van der Waals surface area contributed by atoms with E-state index in [2.05, 4.69) is 84.9 Å². The molecule has 2 heterocycles. The molecule has 0 radical (unpaired) electrons. The third-order valence-electron chi connectivity index (χ3n) is 9.63. The lowest BCUT2D eigenvalue weighted by Gasteiger charge is -2.55. The Morgan fingerprint density at radius 2 is 1.09 bits per heavy atom. The molecule has 3 rings (SSSR count). The first kappa shape index (κ1) is 34.8. The zero-order valence-corrected chi connectivity index (χ0v) is 28.1. The van der Waals surface area contributed by atoms with Crippen molar-refractivity contribution in [2.75, 3.05) is 13.1 Å². The van der Waals surface area contributed by atoms with E-state index in [1.54, 1.807) is 6.08 Å². The fraction of sp³-hybridized carbons (Fsp3) is 0.622. The van der Waals surface area contributed by atoms with Crippen molar-refractivity contribution in [3.63, 3.8) is 0 Å². The average Bonchev–Trinajstić information content (AvgIpc) is 2.87. The van der Waals surface area contributed by atoms with Crippen LogP contribution < -0.4 is 0 Å². The van der Waals surface area contributed by atoms with Gasteiger partial charge in [0.2, 0.25) is 0 Å². The maximum atomic E-state index is 14.4. The van der Waals surface area contributed by atoms with Crippen LogP contribution in [0, 0.1) is 5.41 Å². The van der Waals surface area contributed by atoms with Crippen LogP contribution in [0.25, 0.3) is 0 Å². The summed E-state index contributed by atoms with van der Waals surface area (Å²) in [7, 11) is 0. The van der Waals surface area contributed by atoms with E-state index >= 15 is 0 Å². The summed E-state index contributed by atoms with van der Waals surface area (Å²) >= 11 is 0. The Labute approximate surface area is 261 Å². The van der Waals surface area contributed by atoms with Crippen molar-refractivity contribution in [3.8, 4) is 0 Å². The molecule has 2 fully saturated rings. The number of allylic oxidation sites excluding steroid dienone is 1. The smallest absolute Gasteiger partial charge is 0.324 e. The van der Waals surface area contributed by atoms with E-state index < -0.39 is 17.4 Å². The minimum atomic E-state index is -1.54. The van der Waals surface area contributed by atoms with E-state index in [9.17, 15) is 9.59 Å². The van der Waals surface area contributed by atoms with Gasteiger partial charge < -0.3 is 9.47 Å². The molecule has 6 heteroatoms. The number of likely N-dealkylation sites (tertiary alicyclic amines) is 2. The third-order valence-corrected chi connectivity index (χ3v) is 9.63. The van der Waals surface area contributed by atoms with Crippen molar-refractivity contribution in [2.24, 2.45) is 5.41 Å². The summed E-state index contributed by atoms with van der Waals surface area (Å²) in [6, 6.07) is 9.66. The predicted octanol–water partition coefficient (Wildman–Crippen LogP) is 7.29. The van der Waals surface area contributed by atoms with Gasteiger partial charge in [0.15, 0.2) is 5.41 Å². The van der Waals surface area contributed by atoms with Gasteiger partial charge in [-0.25, -0.2) is 0 Å². The second-order valence-corrected chi connectivity index (χ2v) is 15.2. The van der Waals surface area contributed by atoms with Gasteiger partial charge in [-0.1, -0.05) is 48.6 Å². The quantitative estimate of drug-likeness (QED) is 0.144. The Bertz CT molecular complexity index is 1070. The fourth-order valence-corrected chi connectivity index (χ4v) is 8.05. The normalized spacial score (nSPS) is 22.3. The zero-order chi connectivity index (χ0) is 32.3. The number of benzene rings is 1. The lowest BCUT2D eigenvalue weighted by Crippen LogP contribution is -2.63. The molecule has 0 atom stereocenters. The fourth-order valence-electron chi connectivity index (χ4n) is 8.05. The molecular formula is C37H56N2O4. The number of hydrogen-bond acceptors (Lipinski definition) is 6. The lowest BCUT2D eigenvalue weighted by atomic mass is 9.76. The zero-order valence-electron chi connectivity index (χ0n) is 28.1. The lowest BCUT2D eigenvalue weighted by molar-refractivity contribution is -0.188. The Kier molecular flexibility index (Phi) is 10.6.